The van der Waals surface area contributed by atoms with Gasteiger partial charge in [0, 0.05) is 29.6 Å². The largest absolute Gasteiger partial charge is 0.493 e. The average Bonchev–Trinajstić information content (AvgIpc) is 3.39. The van der Waals surface area contributed by atoms with E-state index >= 15 is 0 Å². The van der Waals surface area contributed by atoms with Crippen molar-refractivity contribution < 1.29 is 22.4 Å². The normalized spacial score (nSPS) is 15.1. The molecule has 3 heterocycles. The van der Waals surface area contributed by atoms with E-state index < -0.39 is 11.7 Å². The molecule has 1 fully saturated rings. The lowest BCUT2D eigenvalue weighted by Crippen LogP contribution is -2.35. The number of likely N-dealkylation sites (tertiary alicyclic amines) is 1. The first-order valence-corrected chi connectivity index (χ1v) is 12.2. The molecule has 0 amide bonds. The van der Waals surface area contributed by atoms with E-state index in [4.69, 9.17) is 9.26 Å². The minimum Gasteiger partial charge on any atom is -0.493 e. The molecule has 0 bridgehead atoms. The highest BCUT2D eigenvalue weighted by Gasteiger charge is 2.30. The summed E-state index contributed by atoms with van der Waals surface area (Å²) < 4.78 is 49.8. The SMILES string of the molecule is Cc1ccc(-c2noc(-c3cccc(OCC4CCN(Cc5ccc(C(F)(F)F)cc5)CC4)c3)n2)cn1. The number of rotatable bonds is 7. The molecule has 1 aliphatic rings. The van der Waals surface area contributed by atoms with Crippen molar-refractivity contribution in [2.45, 2.75) is 32.5 Å². The van der Waals surface area contributed by atoms with Crippen molar-refractivity contribution in [2.75, 3.05) is 19.7 Å². The van der Waals surface area contributed by atoms with Gasteiger partial charge in [-0.15, -0.1) is 0 Å². The Kier molecular flexibility index (Phi) is 7.23. The number of hydrogen-bond donors (Lipinski definition) is 0. The molecule has 1 aliphatic heterocycles. The minimum absolute atomic E-state index is 0.413. The predicted molar refractivity (Wildman–Crippen MR) is 133 cm³/mol. The average molecular weight is 509 g/mol. The third-order valence-electron chi connectivity index (χ3n) is 6.56. The van der Waals surface area contributed by atoms with Crippen LogP contribution in [-0.2, 0) is 12.7 Å². The zero-order chi connectivity index (χ0) is 25.8. The van der Waals surface area contributed by atoms with Crippen LogP contribution >= 0.6 is 0 Å². The molecule has 6 nitrogen and oxygen atoms in total. The van der Waals surface area contributed by atoms with Crippen LogP contribution in [0, 0.1) is 12.8 Å². The van der Waals surface area contributed by atoms with Gasteiger partial charge in [-0.3, -0.25) is 9.88 Å². The van der Waals surface area contributed by atoms with Gasteiger partial charge in [0.15, 0.2) is 0 Å². The van der Waals surface area contributed by atoms with E-state index in [-0.39, 0.29) is 0 Å². The fourth-order valence-electron chi connectivity index (χ4n) is 4.36. The molecule has 0 atom stereocenters. The number of piperidine rings is 1. The number of aryl methyl sites for hydroxylation is 1. The van der Waals surface area contributed by atoms with Gasteiger partial charge in [0.2, 0.25) is 5.82 Å². The molecular weight excluding hydrogens is 481 g/mol. The Balaban J connectivity index is 1.12. The lowest BCUT2D eigenvalue weighted by atomic mass is 9.97. The highest BCUT2D eigenvalue weighted by Crippen LogP contribution is 2.30. The Labute approximate surface area is 213 Å². The molecule has 5 rings (SSSR count). The summed E-state index contributed by atoms with van der Waals surface area (Å²) in [5, 5.41) is 4.07. The first kappa shape index (κ1) is 25.0. The van der Waals surface area contributed by atoms with Crippen molar-refractivity contribution in [2.24, 2.45) is 5.92 Å². The van der Waals surface area contributed by atoms with Gasteiger partial charge >= 0.3 is 6.18 Å². The van der Waals surface area contributed by atoms with Crippen LogP contribution in [0.15, 0.2) is 71.4 Å². The lowest BCUT2D eigenvalue weighted by molar-refractivity contribution is -0.137. The fraction of sp³-hybridized carbons (Fsp3) is 0.321. The summed E-state index contributed by atoms with van der Waals surface area (Å²) in [5.41, 5.74) is 2.77. The van der Waals surface area contributed by atoms with Gasteiger partial charge in [0.25, 0.3) is 5.89 Å². The second-order valence-corrected chi connectivity index (χ2v) is 9.36. The van der Waals surface area contributed by atoms with E-state index in [1.165, 1.54) is 0 Å². The molecule has 2 aromatic heterocycles. The number of alkyl halides is 3. The molecule has 37 heavy (non-hydrogen) atoms. The van der Waals surface area contributed by atoms with E-state index in [9.17, 15) is 13.2 Å². The van der Waals surface area contributed by atoms with Crippen LogP contribution in [0.3, 0.4) is 0 Å². The monoisotopic (exact) mass is 508 g/mol. The van der Waals surface area contributed by atoms with Gasteiger partial charge in [-0.05, 0) is 86.8 Å². The maximum Gasteiger partial charge on any atom is 0.416 e. The molecular formula is C28H27F3N4O2. The Morgan fingerprint density at radius 1 is 1.00 bits per heavy atom. The van der Waals surface area contributed by atoms with Gasteiger partial charge in [0.1, 0.15) is 5.75 Å². The minimum atomic E-state index is -4.30. The number of pyridine rings is 1. The van der Waals surface area contributed by atoms with Gasteiger partial charge < -0.3 is 9.26 Å². The van der Waals surface area contributed by atoms with Crippen LogP contribution in [-0.4, -0.2) is 39.7 Å². The molecule has 0 aliphatic carbocycles. The van der Waals surface area contributed by atoms with Crippen molar-refractivity contribution in [3.8, 4) is 28.6 Å². The molecule has 0 N–H and O–H groups in total. The molecule has 0 radical (unpaired) electrons. The number of hydrogen-bond acceptors (Lipinski definition) is 6. The van der Waals surface area contributed by atoms with E-state index in [0.717, 1.165) is 66.2 Å². The van der Waals surface area contributed by atoms with Crippen LogP contribution in [0.1, 0.15) is 29.7 Å². The van der Waals surface area contributed by atoms with Crippen molar-refractivity contribution >= 4 is 0 Å². The Morgan fingerprint density at radius 2 is 1.78 bits per heavy atom. The van der Waals surface area contributed by atoms with Crippen LogP contribution in [0.25, 0.3) is 22.8 Å². The Morgan fingerprint density at radius 3 is 2.49 bits per heavy atom. The summed E-state index contributed by atoms with van der Waals surface area (Å²) in [6.07, 6.45) is -0.641. The van der Waals surface area contributed by atoms with Gasteiger partial charge in [-0.2, -0.15) is 18.2 Å². The zero-order valence-corrected chi connectivity index (χ0v) is 20.4. The standard InChI is InChI=1S/C28H27F3N4O2/c1-19-5-8-23(16-32-19)26-33-27(37-34-26)22-3-2-4-25(15-22)36-18-21-11-13-35(14-12-21)17-20-6-9-24(10-7-20)28(29,30)31/h2-10,15-16,21H,11-14,17-18H2,1H3. The Hall–Kier alpha value is -3.72. The fourth-order valence-corrected chi connectivity index (χ4v) is 4.36. The summed E-state index contributed by atoms with van der Waals surface area (Å²) in [6.45, 7) is 4.94. The summed E-state index contributed by atoms with van der Waals surface area (Å²) >= 11 is 0. The topological polar surface area (TPSA) is 64.3 Å². The maximum absolute atomic E-state index is 12.8. The van der Waals surface area contributed by atoms with Crippen molar-refractivity contribution in [3.05, 3.63) is 83.7 Å². The number of aromatic nitrogens is 3. The smallest absolute Gasteiger partial charge is 0.416 e. The molecule has 1 saturated heterocycles. The second kappa shape index (κ2) is 10.7. The second-order valence-electron chi connectivity index (χ2n) is 9.36. The zero-order valence-electron chi connectivity index (χ0n) is 20.4. The molecule has 0 unspecified atom stereocenters. The molecule has 2 aromatic carbocycles. The summed E-state index contributed by atoms with van der Waals surface area (Å²) in [4.78, 5) is 11.0. The van der Waals surface area contributed by atoms with E-state index in [2.05, 4.69) is 20.0 Å². The molecule has 4 aromatic rings. The first-order chi connectivity index (χ1) is 17.8. The predicted octanol–water partition coefficient (Wildman–Crippen LogP) is 6.42. The van der Waals surface area contributed by atoms with Crippen LogP contribution in [0.2, 0.25) is 0 Å². The summed E-state index contributed by atoms with van der Waals surface area (Å²) in [6, 6.07) is 16.8. The number of nitrogens with zero attached hydrogens (tertiary/aromatic N) is 4. The van der Waals surface area contributed by atoms with E-state index in [0.29, 0.717) is 30.8 Å². The molecule has 9 heteroatoms. The number of halogens is 3. The Bertz CT molecular complexity index is 1310. The maximum atomic E-state index is 12.8. The van der Waals surface area contributed by atoms with Crippen molar-refractivity contribution in [1.82, 2.24) is 20.0 Å². The van der Waals surface area contributed by atoms with Gasteiger partial charge in [0.05, 0.1) is 12.2 Å². The summed E-state index contributed by atoms with van der Waals surface area (Å²) in [7, 11) is 0. The highest BCUT2D eigenvalue weighted by atomic mass is 19.4. The van der Waals surface area contributed by atoms with Crippen LogP contribution < -0.4 is 4.74 Å². The van der Waals surface area contributed by atoms with Crippen LogP contribution in [0.4, 0.5) is 13.2 Å². The van der Waals surface area contributed by atoms with Crippen LogP contribution in [0.5, 0.6) is 5.75 Å². The van der Waals surface area contributed by atoms with Crippen molar-refractivity contribution in [1.29, 1.82) is 0 Å². The lowest BCUT2D eigenvalue weighted by Gasteiger charge is -2.32. The van der Waals surface area contributed by atoms with E-state index in [1.807, 2.05) is 43.3 Å². The van der Waals surface area contributed by atoms with Crippen molar-refractivity contribution in [3.63, 3.8) is 0 Å². The van der Waals surface area contributed by atoms with E-state index in [1.54, 1.807) is 18.3 Å². The third-order valence-corrected chi connectivity index (χ3v) is 6.56. The number of ether oxygens (including phenoxy) is 1. The third kappa shape index (κ3) is 6.35. The van der Waals surface area contributed by atoms with Gasteiger partial charge in [-0.25, -0.2) is 0 Å². The highest BCUT2D eigenvalue weighted by molar-refractivity contribution is 5.60. The van der Waals surface area contributed by atoms with Gasteiger partial charge in [-0.1, -0.05) is 23.4 Å². The first-order valence-electron chi connectivity index (χ1n) is 12.2. The molecule has 0 spiro atoms. The molecule has 192 valence electrons. The quantitative estimate of drug-likeness (QED) is 0.287. The molecule has 0 saturated carbocycles. The summed E-state index contributed by atoms with van der Waals surface area (Å²) in [5.74, 6) is 2.05. The number of benzene rings is 2.